The number of ether oxygens (including phenoxy) is 2. The monoisotopic (exact) mass is 296 g/mol. The van der Waals surface area contributed by atoms with E-state index in [1.165, 1.54) is 0 Å². The Morgan fingerprint density at radius 2 is 2.10 bits per heavy atom. The molecule has 0 aliphatic heterocycles. The summed E-state index contributed by atoms with van der Waals surface area (Å²) in [5, 5.41) is 3.69. The fraction of sp³-hybridized carbons (Fsp3) is 0.429. The van der Waals surface area contributed by atoms with Crippen LogP contribution in [0.15, 0.2) is 22.7 Å². The Labute approximate surface area is 122 Å². The molecule has 2 aromatic rings. The summed E-state index contributed by atoms with van der Waals surface area (Å²) in [6, 6.07) is 5.39. The average molecular weight is 297 g/mol. The number of rotatable bonds is 6. The lowest BCUT2D eigenvalue weighted by Crippen LogP contribution is -1.93. The number of nitrogens with zero attached hydrogens (tertiary/aromatic N) is 2. The lowest BCUT2D eigenvalue weighted by Gasteiger charge is -2.06. The van der Waals surface area contributed by atoms with Gasteiger partial charge in [-0.15, -0.1) is 11.6 Å². The Morgan fingerprint density at radius 3 is 2.75 bits per heavy atom. The third-order valence-corrected chi connectivity index (χ3v) is 3.31. The number of halogens is 1. The van der Waals surface area contributed by atoms with E-state index in [2.05, 4.69) is 17.1 Å². The molecule has 0 bridgehead atoms. The molecule has 1 aromatic carbocycles. The van der Waals surface area contributed by atoms with E-state index in [9.17, 15) is 0 Å². The number of alkyl halides is 1. The summed E-state index contributed by atoms with van der Waals surface area (Å²) in [4.78, 5) is 4.34. The van der Waals surface area contributed by atoms with Crippen LogP contribution in [0.25, 0.3) is 11.5 Å². The van der Waals surface area contributed by atoms with Gasteiger partial charge >= 0.3 is 0 Å². The van der Waals surface area contributed by atoms with Crippen LogP contribution in [0.3, 0.4) is 0 Å². The van der Waals surface area contributed by atoms with Crippen molar-refractivity contribution in [3.63, 3.8) is 0 Å². The highest BCUT2D eigenvalue weighted by atomic mass is 35.5. The van der Waals surface area contributed by atoms with Gasteiger partial charge in [-0.1, -0.05) is 18.5 Å². The summed E-state index contributed by atoms with van der Waals surface area (Å²) < 4.78 is 15.8. The van der Waals surface area contributed by atoms with Crippen LogP contribution >= 0.6 is 11.6 Å². The van der Waals surface area contributed by atoms with E-state index < -0.39 is 0 Å². The molecular formula is C14H17ClN2O3. The molecule has 0 saturated carbocycles. The summed E-state index contributed by atoms with van der Waals surface area (Å²) in [6.45, 7) is 2.06. The largest absolute Gasteiger partial charge is 0.497 e. The third-order valence-electron chi connectivity index (χ3n) is 2.90. The molecule has 0 radical (unpaired) electrons. The molecule has 1 unspecified atom stereocenters. The van der Waals surface area contributed by atoms with Gasteiger partial charge in [0.15, 0.2) is 5.82 Å². The maximum Gasteiger partial charge on any atom is 0.261 e. The van der Waals surface area contributed by atoms with Crippen LogP contribution < -0.4 is 9.47 Å². The molecule has 1 aromatic heterocycles. The summed E-state index contributed by atoms with van der Waals surface area (Å²) >= 11 is 6.20. The van der Waals surface area contributed by atoms with E-state index in [0.29, 0.717) is 28.8 Å². The van der Waals surface area contributed by atoms with Crippen LogP contribution in [-0.4, -0.2) is 24.4 Å². The Morgan fingerprint density at radius 1 is 1.30 bits per heavy atom. The van der Waals surface area contributed by atoms with E-state index in [-0.39, 0.29) is 5.38 Å². The number of methoxy groups -OCH3 is 2. The molecular weight excluding hydrogens is 280 g/mol. The number of benzene rings is 1. The Kier molecular flexibility index (Phi) is 4.84. The molecule has 1 heterocycles. The molecule has 2 rings (SSSR count). The minimum atomic E-state index is -0.242. The van der Waals surface area contributed by atoms with E-state index in [0.717, 1.165) is 12.8 Å². The number of hydrogen-bond acceptors (Lipinski definition) is 5. The number of hydrogen-bond donors (Lipinski definition) is 0. The average Bonchev–Trinajstić information content (AvgIpc) is 2.96. The third kappa shape index (κ3) is 3.04. The van der Waals surface area contributed by atoms with Gasteiger partial charge in [0.1, 0.15) is 11.5 Å². The van der Waals surface area contributed by atoms with Crippen LogP contribution in [-0.2, 0) is 0 Å². The minimum Gasteiger partial charge on any atom is -0.497 e. The first kappa shape index (κ1) is 14.7. The van der Waals surface area contributed by atoms with Crippen LogP contribution in [0.2, 0.25) is 0 Å². The van der Waals surface area contributed by atoms with Crippen molar-refractivity contribution >= 4 is 11.6 Å². The zero-order valence-corrected chi connectivity index (χ0v) is 12.5. The zero-order valence-electron chi connectivity index (χ0n) is 11.7. The summed E-state index contributed by atoms with van der Waals surface area (Å²) in [6.07, 6.45) is 1.76. The highest BCUT2D eigenvalue weighted by molar-refractivity contribution is 6.20. The van der Waals surface area contributed by atoms with Gasteiger partial charge < -0.3 is 14.0 Å². The Bertz CT molecular complexity index is 571. The molecule has 20 heavy (non-hydrogen) atoms. The van der Waals surface area contributed by atoms with Crippen molar-refractivity contribution in [2.75, 3.05) is 14.2 Å². The lowest BCUT2D eigenvalue weighted by atomic mass is 10.2. The van der Waals surface area contributed by atoms with Crippen molar-refractivity contribution in [1.82, 2.24) is 10.1 Å². The first-order valence-electron chi connectivity index (χ1n) is 6.39. The van der Waals surface area contributed by atoms with Gasteiger partial charge in [-0.3, -0.25) is 0 Å². The van der Waals surface area contributed by atoms with Gasteiger partial charge in [-0.05, 0) is 24.6 Å². The molecule has 5 nitrogen and oxygen atoms in total. The van der Waals surface area contributed by atoms with Gasteiger partial charge in [0.2, 0.25) is 0 Å². The minimum absolute atomic E-state index is 0.242. The molecule has 1 atom stereocenters. The van der Waals surface area contributed by atoms with E-state index in [1.807, 2.05) is 0 Å². The van der Waals surface area contributed by atoms with Crippen LogP contribution in [0.4, 0.5) is 0 Å². The van der Waals surface area contributed by atoms with E-state index in [4.69, 9.17) is 25.6 Å². The normalized spacial score (nSPS) is 12.2. The Hall–Kier alpha value is -1.75. The molecule has 0 spiro atoms. The predicted octanol–water partition coefficient (Wildman–Crippen LogP) is 3.83. The second kappa shape index (κ2) is 6.61. The summed E-state index contributed by atoms with van der Waals surface area (Å²) in [7, 11) is 3.19. The molecule has 0 N–H and O–H groups in total. The molecule has 6 heteroatoms. The molecule has 0 fully saturated rings. The van der Waals surface area contributed by atoms with Crippen molar-refractivity contribution in [3.05, 3.63) is 24.0 Å². The standard InChI is InChI=1S/C14H17ClN2O3/c1-4-5-11(15)13-16-14(20-17-13)10-8-9(18-2)6-7-12(10)19-3/h6-8,11H,4-5H2,1-3H3. The Balaban J connectivity index is 2.35. The zero-order chi connectivity index (χ0) is 14.5. The van der Waals surface area contributed by atoms with Crippen molar-refractivity contribution in [2.45, 2.75) is 25.1 Å². The molecule has 108 valence electrons. The molecule has 0 saturated heterocycles. The molecule has 0 aliphatic rings. The van der Waals surface area contributed by atoms with Crippen LogP contribution in [0, 0.1) is 0 Å². The first-order chi connectivity index (χ1) is 9.69. The molecule has 0 amide bonds. The van der Waals surface area contributed by atoms with E-state index >= 15 is 0 Å². The summed E-state index contributed by atoms with van der Waals surface area (Å²) in [5.74, 6) is 2.20. The van der Waals surface area contributed by atoms with Crippen LogP contribution in [0.1, 0.15) is 31.0 Å². The topological polar surface area (TPSA) is 57.4 Å². The predicted molar refractivity (Wildman–Crippen MR) is 76.3 cm³/mol. The second-order valence-corrected chi connectivity index (χ2v) is 4.81. The van der Waals surface area contributed by atoms with Gasteiger partial charge in [0, 0.05) is 0 Å². The van der Waals surface area contributed by atoms with E-state index in [1.54, 1.807) is 32.4 Å². The van der Waals surface area contributed by atoms with Crippen molar-refractivity contribution < 1.29 is 14.0 Å². The van der Waals surface area contributed by atoms with Gasteiger partial charge in [0.25, 0.3) is 5.89 Å². The quantitative estimate of drug-likeness (QED) is 0.758. The second-order valence-electron chi connectivity index (χ2n) is 4.28. The smallest absolute Gasteiger partial charge is 0.261 e. The fourth-order valence-electron chi connectivity index (χ4n) is 1.84. The highest BCUT2D eigenvalue weighted by Gasteiger charge is 2.18. The van der Waals surface area contributed by atoms with Gasteiger partial charge in [0.05, 0.1) is 25.2 Å². The summed E-state index contributed by atoms with van der Waals surface area (Å²) in [5.41, 5.74) is 0.686. The van der Waals surface area contributed by atoms with Crippen molar-refractivity contribution in [2.24, 2.45) is 0 Å². The maximum atomic E-state index is 6.20. The van der Waals surface area contributed by atoms with Gasteiger partial charge in [-0.2, -0.15) is 4.98 Å². The van der Waals surface area contributed by atoms with Crippen molar-refractivity contribution in [3.8, 4) is 23.0 Å². The van der Waals surface area contributed by atoms with Crippen molar-refractivity contribution in [1.29, 1.82) is 0 Å². The van der Waals surface area contributed by atoms with Gasteiger partial charge in [-0.25, -0.2) is 0 Å². The first-order valence-corrected chi connectivity index (χ1v) is 6.83. The SMILES string of the molecule is CCCC(Cl)c1noc(-c2cc(OC)ccc2OC)n1. The van der Waals surface area contributed by atoms with Crippen LogP contribution in [0.5, 0.6) is 11.5 Å². The molecule has 0 aliphatic carbocycles. The lowest BCUT2D eigenvalue weighted by molar-refractivity contribution is 0.395. The number of aromatic nitrogens is 2. The highest BCUT2D eigenvalue weighted by Crippen LogP contribution is 2.33. The maximum absolute atomic E-state index is 6.20. The fourth-order valence-corrected chi connectivity index (χ4v) is 2.14.